The fourth-order valence-corrected chi connectivity index (χ4v) is 5.05. The summed E-state index contributed by atoms with van der Waals surface area (Å²) in [5.41, 5.74) is 1.70. The van der Waals surface area contributed by atoms with Crippen molar-refractivity contribution in [2.75, 3.05) is 13.1 Å². The topological polar surface area (TPSA) is 69.2 Å². The maximum absolute atomic E-state index is 13.7. The number of amides is 1. The van der Waals surface area contributed by atoms with Crippen LogP contribution in [0.3, 0.4) is 0 Å². The van der Waals surface area contributed by atoms with Crippen molar-refractivity contribution in [3.63, 3.8) is 0 Å². The largest absolute Gasteiger partial charge is 0.388 e. The minimum absolute atomic E-state index is 0.0301. The molecule has 2 N–H and O–H groups in total. The van der Waals surface area contributed by atoms with E-state index in [9.17, 15) is 14.3 Å². The molecule has 1 amide bonds. The summed E-state index contributed by atoms with van der Waals surface area (Å²) < 4.78 is 13.7. The summed E-state index contributed by atoms with van der Waals surface area (Å²) in [6.07, 6.45) is 2.65. The first-order valence-corrected chi connectivity index (χ1v) is 11.4. The number of halogens is 3. The second kappa shape index (κ2) is 9.00. The molecule has 1 aliphatic rings. The number of aromatic nitrogens is 2. The Morgan fingerprint density at radius 3 is 2.69 bits per heavy atom. The van der Waals surface area contributed by atoms with Crippen LogP contribution in [0.15, 0.2) is 36.5 Å². The van der Waals surface area contributed by atoms with Crippen molar-refractivity contribution < 1.29 is 14.3 Å². The lowest BCUT2D eigenvalue weighted by molar-refractivity contribution is -0.133. The van der Waals surface area contributed by atoms with Crippen LogP contribution < -0.4 is 0 Å². The van der Waals surface area contributed by atoms with E-state index in [2.05, 4.69) is 24.0 Å². The molecule has 1 aliphatic heterocycles. The van der Waals surface area contributed by atoms with E-state index >= 15 is 0 Å². The van der Waals surface area contributed by atoms with Gasteiger partial charge in [0.15, 0.2) is 0 Å². The molecule has 0 unspecified atom stereocenters. The molecule has 0 radical (unpaired) electrons. The number of aliphatic hydroxyl groups excluding tert-OH is 1. The summed E-state index contributed by atoms with van der Waals surface area (Å²) in [4.78, 5) is 14.5. The first-order chi connectivity index (χ1) is 15.2. The van der Waals surface area contributed by atoms with E-state index < -0.39 is 17.3 Å². The highest BCUT2D eigenvalue weighted by molar-refractivity contribution is 6.31. The summed E-state index contributed by atoms with van der Waals surface area (Å²) in [5, 5.41) is 19.8. The molecule has 2 heterocycles. The molecule has 1 saturated heterocycles. The van der Waals surface area contributed by atoms with Crippen LogP contribution in [-0.2, 0) is 11.2 Å². The fourth-order valence-electron chi connectivity index (χ4n) is 4.70. The van der Waals surface area contributed by atoms with Gasteiger partial charge in [-0.1, -0.05) is 43.1 Å². The van der Waals surface area contributed by atoms with Gasteiger partial charge in [0.1, 0.15) is 5.82 Å². The number of aliphatic hydroxyl groups is 1. The molecule has 4 rings (SSSR count). The Bertz CT molecular complexity index is 1140. The number of hydrogen-bond donors (Lipinski definition) is 2. The number of piperidine rings is 1. The van der Waals surface area contributed by atoms with Crippen LogP contribution in [0.5, 0.6) is 0 Å². The van der Waals surface area contributed by atoms with Crippen molar-refractivity contribution >= 4 is 40.0 Å². The average Bonchev–Trinajstić information content (AvgIpc) is 3.23. The van der Waals surface area contributed by atoms with Crippen LogP contribution in [0.1, 0.15) is 43.9 Å². The van der Waals surface area contributed by atoms with Crippen LogP contribution in [-0.4, -0.2) is 39.2 Å². The molecule has 0 saturated carbocycles. The molecule has 1 atom stereocenters. The predicted molar refractivity (Wildman–Crippen MR) is 124 cm³/mol. The standard InChI is InChI=1S/C24H26Cl2FN3O2/c1-24(2,23(32)18-12-17(25)11-15-13-28-29-22(15)18)16-5-7-30(8-6-16)21(31)10-14-3-4-19(26)20(27)9-14/h3-4,9,11-13,16,23,32H,5-8,10H2,1-2H3,(H,28,29)/t23-/m1/s1. The fraction of sp³-hybridized carbons (Fsp3) is 0.417. The minimum atomic E-state index is -0.742. The zero-order valence-electron chi connectivity index (χ0n) is 18.0. The van der Waals surface area contributed by atoms with E-state index in [0.29, 0.717) is 23.7 Å². The summed E-state index contributed by atoms with van der Waals surface area (Å²) in [6.45, 7) is 5.31. The smallest absolute Gasteiger partial charge is 0.226 e. The Morgan fingerprint density at radius 1 is 1.28 bits per heavy atom. The molecule has 0 spiro atoms. The van der Waals surface area contributed by atoms with Crippen LogP contribution >= 0.6 is 23.2 Å². The Kier molecular flexibility index (Phi) is 6.48. The molecule has 0 aliphatic carbocycles. The third-order valence-electron chi connectivity index (χ3n) is 6.78. The Labute approximate surface area is 196 Å². The summed E-state index contributed by atoms with van der Waals surface area (Å²) in [7, 11) is 0. The number of H-pyrrole nitrogens is 1. The molecule has 170 valence electrons. The van der Waals surface area contributed by atoms with E-state index in [1.54, 1.807) is 18.3 Å². The summed E-state index contributed by atoms with van der Waals surface area (Å²) in [5.74, 6) is -0.331. The molecular weight excluding hydrogens is 452 g/mol. The zero-order chi connectivity index (χ0) is 23.0. The normalized spacial score (nSPS) is 16.5. The van der Waals surface area contributed by atoms with Gasteiger partial charge in [-0.15, -0.1) is 0 Å². The maximum atomic E-state index is 13.7. The van der Waals surface area contributed by atoms with Crippen molar-refractivity contribution in [1.29, 1.82) is 0 Å². The summed E-state index contributed by atoms with van der Waals surface area (Å²) >= 11 is 12.0. The number of carbonyl (C=O) groups is 1. The average molecular weight is 478 g/mol. The van der Waals surface area contributed by atoms with Gasteiger partial charge in [-0.2, -0.15) is 5.10 Å². The number of carbonyl (C=O) groups excluding carboxylic acids is 1. The SMILES string of the molecule is CC(C)(C1CCN(C(=O)Cc2ccc(Cl)c(F)c2)CC1)[C@H](O)c1cc(Cl)cc2cn[nH]c12. The number of rotatable bonds is 5. The predicted octanol–water partition coefficient (Wildman–Crippen LogP) is 5.55. The van der Waals surface area contributed by atoms with E-state index in [1.165, 1.54) is 12.1 Å². The number of aromatic amines is 1. The Morgan fingerprint density at radius 2 is 2.00 bits per heavy atom. The molecule has 3 aromatic rings. The van der Waals surface area contributed by atoms with E-state index in [1.807, 2.05) is 11.0 Å². The highest BCUT2D eigenvalue weighted by Gasteiger charge is 2.40. The van der Waals surface area contributed by atoms with Gasteiger partial charge in [0.25, 0.3) is 0 Å². The molecule has 2 aromatic carbocycles. The van der Waals surface area contributed by atoms with E-state index in [0.717, 1.165) is 29.3 Å². The van der Waals surface area contributed by atoms with Crippen molar-refractivity contribution in [1.82, 2.24) is 15.1 Å². The van der Waals surface area contributed by atoms with Gasteiger partial charge >= 0.3 is 0 Å². The lowest BCUT2D eigenvalue weighted by atomic mass is 9.68. The Hall–Kier alpha value is -2.15. The maximum Gasteiger partial charge on any atom is 0.226 e. The first kappa shape index (κ1) is 23.0. The van der Waals surface area contributed by atoms with Crippen LogP contribution in [0.4, 0.5) is 4.39 Å². The van der Waals surface area contributed by atoms with Crippen LogP contribution in [0.2, 0.25) is 10.0 Å². The first-order valence-electron chi connectivity index (χ1n) is 10.7. The molecule has 0 bridgehead atoms. The summed E-state index contributed by atoms with van der Waals surface area (Å²) in [6, 6.07) is 8.07. The minimum Gasteiger partial charge on any atom is -0.388 e. The number of fused-ring (bicyclic) bond motifs is 1. The van der Waals surface area contributed by atoms with Gasteiger partial charge in [0.2, 0.25) is 5.91 Å². The number of nitrogens with one attached hydrogen (secondary N) is 1. The number of hydrogen-bond acceptors (Lipinski definition) is 3. The van der Waals surface area contributed by atoms with Crippen molar-refractivity contribution in [2.24, 2.45) is 11.3 Å². The van der Waals surface area contributed by atoms with Crippen LogP contribution in [0.25, 0.3) is 10.9 Å². The lowest BCUT2D eigenvalue weighted by Crippen LogP contribution is -2.44. The second-order valence-electron chi connectivity index (χ2n) is 9.13. The van der Waals surface area contributed by atoms with E-state index in [-0.39, 0.29) is 23.3 Å². The van der Waals surface area contributed by atoms with Gasteiger partial charge in [0, 0.05) is 29.1 Å². The number of likely N-dealkylation sites (tertiary alicyclic amines) is 1. The molecule has 1 fully saturated rings. The molecule has 8 heteroatoms. The molecule has 32 heavy (non-hydrogen) atoms. The highest BCUT2D eigenvalue weighted by atomic mass is 35.5. The van der Waals surface area contributed by atoms with Gasteiger partial charge in [-0.05, 0) is 54.0 Å². The van der Waals surface area contributed by atoms with Crippen molar-refractivity contribution in [3.05, 3.63) is 63.5 Å². The second-order valence-corrected chi connectivity index (χ2v) is 9.98. The number of benzene rings is 2. The third kappa shape index (κ3) is 4.49. The van der Waals surface area contributed by atoms with Crippen LogP contribution in [0, 0.1) is 17.2 Å². The van der Waals surface area contributed by atoms with Gasteiger partial charge < -0.3 is 10.0 Å². The highest BCUT2D eigenvalue weighted by Crippen LogP contribution is 2.46. The lowest BCUT2D eigenvalue weighted by Gasteiger charge is -2.43. The van der Waals surface area contributed by atoms with E-state index in [4.69, 9.17) is 23.2 Å². The molecule has 5 nitrogen and oxygen atoms in total. The van der Waals surface area contributed by atoms with Gasteiger partial charge in [-0.3, -0.25) is 9.89 Å². The van der Waals surface area contributed by atoms with Gasteiger partial charge in [0.05, 0.1) is 29.3 Å². The van der Waals surface area contributed by atoms with Crippen molar-refractivity contribution in [3.8, 4) is 0 Å². The Balaban J connectivity index is 1.42. The molecule has 1 aromatic heterocycles. The quantitative estimate of drug-likeness (QED) is 0.505. The monoisotopic (exact) mass is 477 g/mol. The molecular formula is C24H26Cl2FN3O2. The zero-order valence-corrected chi connectivity index (χ0v) is 19.5. The number of nitrogens with zero attached hydrogens (tertiary/aromatic N) is 2. The van der Waals surface area contributed by atoms with Crippen molar-refractivity contribution in [2.45, 2.75) is 39.2 Å². The van der Waals surface area contributed by atoms with Gasteiger partial charge in [-0.25, -0.2) is 4.39 Å². The third-order valence-corrected chi connectivity index (χ3v) is 7.31.